The summed E-state index contributed by atoms with van der Waals surface area (Å²) in [6.07, 6.45) is 3.15. The zero-order chi connectivity index (χ0) is 19.5. The van der Waals surface area contributed by atoms with Gasteiger partial charge < -0.3 is 14.9 Å². The lowest BCUT2D eigenvalue weighted by Gasteiger charge is -2.28. The number of nitrogens with zero attached hydrogens (tertiary/aromatic N) is 1. The van der Waals surface area contributed by atoms with E-state index in [0.717, 1.165) is 30.4 Å². The van der Waals surface area contributed by atoms with Crippen molar-refractivity contribution in [2.75, 3.05) is 13.6 Å². The summed E-state index contributed by atoms with van der Waals surface area (Å²) in [4.78, 5) is 35.4. The lowest BCUT2D eigenvalue weighted by atomic mass is 9.92. The molecule has 1 heterocycles. The molecule has 0 aliphatic carbocycles. The molecule has 0 aliphatic heterocycles. The van der Waals surface area contributed by atoms with Crippen LogP contribution in [0.1, 0.15) is 45.9 Å². The van der Waals surface area contributed by atoms with Crippen LogP contribution in [-0.4, -0.2) is 49.1 Å². The third-order valence-electron chi connectivity index (χ3n) is 3.75. The Labute approximate surface area is 155 Å². The molecule has 0 unspecified atom stereocenters. The number of thiophene rings is 1. The average molecular weight is 369 g/mol. The Hall–Kier alpha value is -1.53. The lowest BCUT2D eigenvalue weighted by molar-refractivity contribution is -0.128. The van der Waals surface area contributed by atoms with Crippen molar-refractivity contribution in [3.8, 4) is 0 Å². The summed E-state index contributed by atoms with van der Waals surface area (Å²) in [6, 6.07) is 3.23. The largest absolute Gasteiger partial charge is 0.345 e. The molecule has 0 aliphatic rings. The SMILES string of the molecule is CC=O.C[C@@H](C(=O)N[C@H](C=O)Cc1cccs1)N(C)CCC(C)(C)C. The fraction of sp³-hybridized carbons (Fsp3) is 0.632. The van der Waals surface area contributed by atoms with E-state index >= 15 is 0 Å². The molecule has 0 saturated heterocycles. The zero-order valence-corrected chi connectivity index (χ0v) is 17.1. The van der Waals surface area contributed by atoms with E-state index in [1.165, 1.54) is 6.92 Å². The van der Waals surface area contributed by atoms with Crippen LogP contribution in [0.4, 0.5) is 0 Å². The van der Waals surface area contributed by atoms with Gasteiger partial charge in [-0.3, -0.25) is 9.69 Å². The Morgan fingerprint density at radius 2 is 1.96 bits per heavy atom. The number of aldehydes is 2. The maximum absolute atomic E-state index is 12.3. The molecule has 6 heteroatoms. The number of carbonyl (C=O) groups is 3. The highest BCUT2D eigenvalue weighted by molar-refractivity contribution is 7.09. The van der Waals surface area contributed by atoms with Gasteiger partial charge in [0.25, 0.3) is 0 Å². The summed E-state index contributed by atoms with van der Waals surface area (Å²) in [7, 11) is 1.95. The van der Waals surface area contributed by atoms with E-state index in [-0.39, 0.29) is 17.4 Å². The highest BCUT2D eigenvalue weighted by Crippen LogP contribution is 2.19. The molecule has 25 heavy (non-hydrogen) atoms. The number of hydrogen-bond donors (Lipinski definition) is 1. The zero-order valence-electron chi connectivity index (χ0n) is 16.2. The minimum absolute atomic E-state index is 0.0925. The van der Waals surface area contributed by atoms with Crippen molar-refractivity contribution in [1.82, 2.24) is 10.2 Å². The molecule has 1 rings (SSSR count). The van der Waals surface area contributed by atoms with E-state index in [0.29, 0.717) is 6.42 Å². The van der Waals surface area contributed by atoms with Gasteiger partial charge in [0.05, 0.1) is 12.1 Å². The highest BCUT2D eigenvalue weighted by Gasteiger charge is 2.22. The van der Waals surface area contributed by atoms with Crippen LogP contribution in [0.5, 0.6) is 0 Å². The second kappa shape index (κ2) is 11.9. The lowest BCUT2D eigenvalue weighted by Crippen LogP contribution is -2.48. The Kier molecular flexibility index (Phi) is 11.2. The molecule has 5 nitrogen and oxygen atoms in total. The Bertz CT molecular complexity index is 509. The molecule has 0 saturated carbocycles. The summed E-state index contributed by atoms with van der Waals surface area (Å²) in [5, 5.41) is 4.81. The predicted molar refractivity (Wildman–Crippen MR) is 104 cm³/mol. The molecule has 1 amide bonds. The van der Waals surface area contributed by atoms with Crippen LogP contribution in [0, 0.1) is 5.41 Å². The van der Waals surface area contributed by atoms with Gasteiger partial charge >= 0.3 is 0 Å². The summed E-state index contributed by atoms with van der Waals surface area (Å²) in [5.41, 5.74) is 0.245. The fourth-order valence-corrected chi connectivity index (χ4v) is 2.75. The van der Waals surface area contributed by atoms with Gasteiger partial charge in [0.1, 0.15) is 12.6 Å². The third-order valence-corrected chi connectivity index (χ3v) is 4.65. The van der Waals surface area contributed by atoms with E-state index in [4.69, 9.17) is 4.79 Å². The van der Waals surface area contributed by atoms with Gasteiger partial charge in [-0.1, -0.05) is 26.8 Å². The van der Waals surface area contributed by atoms with Crippen LogP contribution in [-0.2, 0) is 20.8 Å². The van der Waals surface area contributed by atoms with Gasteiger partial charge in [-0.25, -0.2) is 0 Å². The molecule has 1 N–H and O–H groups in total. The highest BCUT2D eigenvalue weighted by atomic mass is 32.1. The average Bonchev–Trinajstić information content (AvgIpc) is 3.04. The monoisotopic (exact) mass is 368 g/mol. The van der Waals surface area contributed by atoms with Gasteiger partial charge in [0.2, 0.25) is 5.91 Å². The standard InChI is InChI=1S/C17H28N2O2S.C2H4O/c1-13(19(5)9-8-17(2,3)4)16(21)18-14(12-20)11-15-7-6-10-22-15;1-2-3/h6-7,10,12-14H,8-9,11H2,1-5H3,(H,18,21);2H,1H3/t13-,14-;/m0./s1. The van der Waals surface area contributed by atoms with Crippen molar-refractivity contribution in [1.29, 1.82) is 0 Å². The van der Waals surface area contributed by atoms with E-state index in [1.54, 1.807) is 11.3 Å². The van der Waals surface area contributed by atoms with Gasteiger partial charge in [0.15, 0.2) is 0 Å². The first-order valence-electron chi connectivity index (χ1n) is 8.52. The van der Waals surface area contributed by atoms with Crippen molar-refractivity contribution in [3.05, 3.63) is 22.4 Å². The van der Waals surface area contributed by atoms with Crippen molar-refractivity contribution in [3.63, 3.8) is 0 Å². The van der Waals surface area contributed by atoms with Gasteiger partial charge in [-0.15, -0.1) is 11.3 Å². The second-order valence-corrected chi connectivity index (χ2v) is 8.27. The van der Waals surface area contributed by atoms with Gasteiger partial charge in [-0.05, 0) is 50.7 Å². The third kappa shape index (κ3) is 10.8. The first-order valence-corrected chi connectivity index (χ1v) is 9.40. The van der Waals surface area contributed by atoms with Gasteiger partial charge in [0, 0.05) is 11.3 Å². The van der Waals surface area contributed by atoms with Gasteiger partial charge in [-0.2, -0.15) is 0 Å². The van der Waals surface area contributed by atoms with Crippen LogP contribution < -0.4 is 5.32 Å². The van der Waals surface area contributed by atoms with E-state index in [9.17, 15) is 9.59 Å². The first kappa shape index (κ1) is 23.5. The predicted octanol–water partition coefficient (Wildman–Crippen LogP) is 2.94. The van der Waals surface area contributed by atoms with E-state index in [1.807, 2.05) is 36.4 Å². The summed E-state index contributed by atoms with van der Waals surface area (Å²) < 4.78 is 0. The molecule has 1 aromatic rings. The van der Waals surface area contributed by atoms with Crippen LogP contribution in [0.15, 0.2) is 17.5 Å². The Morgan fingerprint density at radius 1 is 1.36 bits per heavy atom. The molecular weight excluding hydrogens is 336 g/mol. The molecular formula is C19H32N2O3S. The second-order valence-electron chi connectivity index (χ2n) is 7.24. The smallest absolute Gasteiger partial charge is 0.237 e. The number of likely N-dealkylation sites (N-methyl/N-ethyl adjacent to an activating group) is 1. The van der Waals surface area contributed by atoms with Crippen molar-refractivity contribution in [2.24, 2.45) is 5.41 Å². The minimum atomic E-state index is -0.454. The van der Waals surface area contributed by atoms with Crippen molar-refractivity contribution < 1.29 is 14.4 Å². The van der Waals surface area contributed by atoms with Crippen LogP contribution in [0.25, 0.3) is 0 Å². The number of amides is 1. The molecule has 142 valence electrons. The molecule has 1 aromatic heterocycles. The normalized spacial score (nSPS) is 13.4. The summed E-state index contributed by atoms with van der Waals surface area (Å²) in [5.74, 6) is -0.0925. The quantitative estimate of drug-likeness (QED) is 0.717. The number of hydrogen-bond acceptors (Lipinski definition) is 5. The number of nitrogens with one attached hydrogen (secondary N) is 1. The minimum Gasteiger partial charge on any atom is -0.345 e. The first-order chi connectivity index (χ1) is 11.6. The van der Waals surface area contributed by atoms with Crippen molar-refractivity contribution >= 4 is 29.8 Å². The molecule has 0 bridgehead atoms. The van der Waals surface area contributed by atoms with E-state index in [2.05, 4.69) is 26.1 Å². The molecule has 0 fully saturated rings. The maximum Gasteiger partial charge on any atom is 0.237 e. The van der Waals surface area contributed by atoms with Crippen molar-refractivity contribution in [2.45, 2.75) is 59.5 Å². The molecule has 0 spiro atoms. The van der Waals surface area contributed by atoms with Crippen LogP contribution >= 0.6 is 11.3 Å². The summed E-state index contributed by atoms with van der Waals surface area (Å²) in [6.45, 7) is 10.7. The Balaban J connectivity index is 0.00000178. The molecule has 2 atom stereocenters. The van der Waals surface area contributed by atoms with Crippen LogP contribution in [0.2, 0.25) is 0 Å². The molecule has 0 radical (unpaired) electrons. The Morgan fingerprint density at radius 3 is 2.40 bits per heavy atom. The van der Waals surface area contributed by atoms with Crippen LogP contribution in [0.3, 0.4) is 0 Å². The maximum atomic E-state index is 12.3. The number of rotatable bonds is 8. The fourth-order valence-electron chi connectivity index (χ4n) is 1.99. The topological polar surface area (TPSA) is 66.5 Å². The molecule has 0 aromatic carbocycles. The number of carbonyl (C=O) groups excluding carboxylic acids is 3. The summed E-state index contributed by atoms with van der Waals surface area (Å²) >= 11 is 1.60. The van der Waals surface area contributed by atoms with E-state index < -0.39 is 6.04 Å².